The molecule has 0 N–H and O–H groups in total. The summed E-state index contributed by atoms with van der Waals surface area (Å²) in [6.07, 6.45) is 0. The largest absolute Gasteiger partial charge is 0.450 e. The van der Waals surface area contributed by atoms with Crippen LogP contribution in [0.25, 0.3) is 11.3 Å². The summed E-state index contributed by atoms with van der Waals surface area (Å²) in [5.74, 6) is -0.636. The topological polar surface area (TPSA) is 76.8 Å². The molecule has 1 heterocycles. The maximum atomic E-state index is 12.2. The van der Waals surface area contributed by atoms with Crippen LogP contribution in [0, 0.1) is 0 Å². The SMILES string of the molecule is CC(=O)c1ccc(-c2ccc(C(=O)OCC(=O)N(C)c3ccccc3)o2)cc1. The van der Waals surface area contributed by atoms with Crippen molar-refractivity contribution in [1.82, 2.24) is 0 Å². The number of benzene rings is 2. The molecule has 3 rings (SSSR count). The van der Waals surface area contributed by atoms with Crippen LogP contribution in [0.3, 0.4) is 0 Å². The van der Waals surface area contributed by atoms with Crippen LogP contribution < -0.4 is 4.90 Å². The third-order valence-corrected chi connectivity index (χ3v) is 4.23. The Balaban J connectivity index is 1.61. The van der Waals surface area contributed by atoms with Gasteiger partial charge in [-0.2, -0.15) is 0 Å². The fourth-order valence-corrected chi connectivity index (χ4v) is 2.56. The lowest BCUT2D eigenvalue weighted by molar-refractivity contribution is -0.121. The highest BCUT2D eigenvalue weighted by molar-refractivity contribution is 5.96. The number of amides is 1. The molecule has 1 aromatic heterocycles. The van der Waals surface area contributed by atoms with Gasteiger partial charge in [-0.25, -0.2) is 4.79 Å². The Morgan fingerprint density at radius 3 is 2.25 bits per heavy atom. The number of ketones is 1. The van der Waals surface area contributed by atoms with Crippen molar-refractivity contribution in [2.24, 2.45) is 0 Å². The molecule has 1 amide bonds. The molecule has 0 saturated heterocycles. The smallest absolute Gasteiger partial charge is 0.374 e. The molecule has 0 bridgehead atoms. The second-order valence-corrected chi connectivity index (χ2v) is 6.16. The van der Waals surface area contributed by atoms with E-state index in [9.17, 15) is 14.4 Å². The summed E-state index contributed by atoms with van der Waals surface area (Å²) in [4.78, 5) is 37.1. The van der Waals surface area contributed by atoms with Gasteiger partial charge in [0.2, 0.25) is 5.76 Å². The van der Waals surface area contributed by atoms with Crippen molar-refractivity contribution in [1.29, 1.82) is 0 Å². The molecule has 0 unspecified atom stereocenters. The zero-order valence-corrected chi connectivity index (χ0v) is 15.5. The molecule has 3 aromatic rings. The van der Waals surface area contributed by atoms with E-state index in [-0.39, 0.29) is 17.5 Å². The van der Waals surface area contributed by atoms with Gasteiger partial charge in [-0.1, -0.05) is 42.5 Å². The number of Topliss-reactive ketones (excluding diaryl/α,β-unsaturated/α-hetero) is 1. The molecule has 0 fully saturated rings. The first-order valence-electron chi connectivity index (χ1n) is 8.65. The number of anilines is 1. The Labute approximate surface area is 162 Å². The van der Waals surface area contributed by atoms with Gasteiger partial charge >= 0.3 is 5.97 Å². The van der Waals surface area contributed by atoms with Gasteiger partial charge in [-0.05, 0) is 31.2 Å². The van der Waals surface area contributed by atoms with Crippen molar-refractivity contribution in [2.45, 2.75) is 6.92 Å². The molecule has 0 aliphatic carbocycles. The highest BCUT2D eigenvalue weighted by Gasteiger charge is 2.17. The van der Waals surface area contributed by atoms with Gasteiger partial charge in [0.15, 0.2) is 12.4 Å². The van der Waals surface area contributed by atoms with Gasteiger partial charge in [0.25, 0.3) is 5.91 Å². The number of carbonyl (C=O) groups is 3. The zero-order valence-electron chi connectivity index (χ0n) is 15.5. The number of para-hydroxylation sites is 1. The summed E-state index contributed by atoms with van der Waals surface area (Å²) in [7, 11) is 1.61. The number of furan rings is 1. The standard InChI is InChI=1S/C22H19NO5/c1-15(24)16-8-10-17(11-9-16)19-12-13-20(28-19)22(26)27-14-21(25)23(2)18-6-4-3-5-7-18/h3-13H,14H2,1-2H3. The first kappa shape index (κ1) is 19.1. The number of hydrogen-bond acceptors (Lipinski definition) is 5. The number of ether oxygens (including phenoxy) is 1. The van der Waals surface area contributed by atoms with Crippen LogP contribution in [0.5, 0.6) is 0 Å². The molecule has 142 valence electrons. The summed E-state index contributed by atoms with van der Waals surface area (Å²) in [5.41, 5.74) is 2.03. The van der Waals surface area contributed by atoms with Gasteiger partial charge in [-0.15, -0.1) is 0 Å². The Morgan fingerprint density at radius 1 is 0.929 bits per heavy atom. The Hall–Kier alpha value is -3.67. The predicted molar refractivity (Wildman–Crippen MR) is 104 cm³/mol. The second-order valence-electron chi connectivity index (χ2n) is 6.16. The minimum Gasteiger partial charge on any atom is -0.450 e. The van der Waals surface area contributed by atoms with Crippen LogP contribution in [-0.4, -0.2) is 31.3 Å². The van der Waals surface area contributed by atoms with E-state index in [1.165, 1.54) is 17.9 Å². The number of nitrogens with zero attached hydrogens (tertiary/aromatic N) is 1. The van der Waals surface area contributed by atoms with E-state index >= 15 is 0 Å². The summed E-state index contributed by atoms with van der Waals surface area (Å²) in [5, 5.41) is 0. The van der Waals surface area contributed by atoms with Crippen LogP contribution in [-0.2, 0) is 9.53 Å². The van der Waals surface area contributed by atoms with Crippen molar-refractivity contribution >= 4 is 23.3 Å². The van der Waals surface area contributed by atoms with Gasteiger partial charge in [-0.3, -0.25) is 9.59 Å². The van der Waals surface area contributed by atoms with Crippen LogP contribution >= 0.6 is 0 Å². The monoisotopic (exact) mass is 377 g/mol. The van der Waals surface area contributed by atoms with Gasteiger partial charge in [0.1, 0.15) is 5.76 Å². The lowest BCUT2D eigenvalue weighted by atomic mass is 10.1. The van der Waals surface area contributed by atoms with E-state index in [2.05, 4.69) is 0 Å². The molecular formula is C22H19NO5. The minimum atomic E-state index is -0.721. The molecular weight excluding hydrogens is 358 g/mol. The van der Waals surface area contributed by atoms with Crippen LogP contribution in [0.2, 0.25) is 0 Å². The number of rotatable bonds is 6. The molecule has 28 heavy (non-hydrogen) atoms. The summed E-state index contributed by atoms with van der Waals surface area (Å²) in [6.45, 7) is 1.10. The summed E-state index contributed by atoms with van der Waals surface area (Å²) >= 11 is 0. The third kappa shape index (κ3) is 4.35. The predicted octanol–water partition coefficient (Wildman–Crippen LogP) is 3.97. The maximum absolute atomic E-state index is 12.2. The van der Waals surface area contributed by atoms with E-state index in [0.717, 1.165) is 5.56 Å². The van der Waals surface area contributed by atoms with Crippen molar-refractivity contribution < 1.29 is 23.5 Å². The highest BCUT2D eigenvalue weighted by Crippen LogP contribution is 2.23. The van der Waals surface area contributed by atoms with Crippen LogP contribution in [0.15, 0.2) is 71.1 Å². The molecule has 0 atom stereocenters. The van der Waals surface area contributed by atoms with E-state index < -0.39 is 12.6 Å². The van der Waals surface area contributed by atoms with Gasteiger partial charge in [0.05, 0.1) is 0 Å². The van der Waals surface area contributed by atoms with Crippen molar-refractivity contribution in [3.8, 4) is 11.3 Å². The molecule has 0 aliphatic rings. The van der Waals surface area contributed by atoms with E-state index in [0.29, 0.717) is 17.0 Å². The number of carbonyl (C=O) groups excluding carboxylic acids is 3. The normalized spacial score (nSPS) is 10.4. The maximum Gasteiger partial charge on any atom is 0.374 e. The second kappa shape index (κ2) is 8.35. The summed E-state index contributed by atoms with van der Waals surface area (Å²) in [6, 6.07) is 19.0. The Morgan fingerprint density at radius 2 is 1.61 bits per heavy atom. The number of likely N-dealkylation sites (N-methyl/N-ethyl adjacent to an activating group) is 1. The first-order valence-corrected chi connectivity index (χ1v) is 8.65. The highest BCUT2D eigenvalue weighted by atomic mass is 16.5. The van der Waals surface area contributed by atoms with Crippen LogP contribution in [0.4, 0.5) is 5.69 Å². The quantitative estimate of drug-likeness (QED) is 0.480. The fraction of sp³-hybridized carbons (Fsp3) is 0.136. The molecule has 6 heteroatoms. The van der Waals surface area contributed by atoms with E-state index in [1.54, 1.807) is 49.5 Å². The Kier molecular flexibility index (Phi) is 5.69. The zero-order chi connectivity index (χ0) is 20.1. The van der Waals surface area contributed by atoms with E-state index in [4.69, 9.17) is 9.15 Å². The summed E-state index contributed by atoms with van der Waals surface area (Å²) < 4.78 is 10.6. The lowest BCUT2D eigenvalue weighted by Gasteiger charge is -2.16. The fourth-order valence-electron chi connectivity index (χ4n) is 2.56. The third-order valence-electron chi connectivity index (χ3n) is 4.23. The Bertz CT molecular complexity index is 989. The molecule has 0 aliphatic heterocycles. The van der Waals surface area contributed by atoms with Gasteiger partial charge < -0.3 is 14.1 Å². The number of hydrogen-bond donors (Lipinski definition) is 0. The molecule has 0 radical (unpaired) electrons. The van der Waals surface area contributed by atoms with Crippen molar-refractivity contribution in [3.05, 3.63) is 78.1 Å². The minimum absolute atomic E-state index is 0.000749. The van der Waals surface area contributed by atoms with E-state index in [1.807, 2.05) is 18.2 Å². The number of esters is 1. The van der Waals surface area contributed by atoms with Crippen molar-refractivity contribution in [2.75, 3.05) is 18.6 Å². The lowest BCUT2D eigenvalue weighted by Crippen LogP contribution is -2.31. The van der Waals surface area contributed by atoms with Crippen LogP contribution in [0.1, 0.15) is 27.8 Å². The van der Waals surface area contributed by atoms with Gasteiger partial charge in [0, 0.05) is 23.9 Å². The molecule has 0 saturated carbocycles. The van der Waals surface area contributed by atoms with Crippen molar-refractivity contribution in [3.63, 3.8) is 0 Å². The molecule has 6 nitrogen and oxygen atoms in total. The first-order chi connectivity index (χ1) is 13.5. The molecule has 2 aromatic carbocycles. The average Bonchev–Trinajstić information content (AvgIpc) is 3.22. The average molecular weight is 377 g/mol. The molecule has 0 spiro atoms.